The summed E-state index contributed by atoms with van der Waals surface area (Å²) >= 11 is 0. The molecule has 0 aromatic carbocycles. The maximum Gasteiger partial charge on any atom is 0.00104 e. The molecule has 0 rings (SSSR count). The minimum Gasteiger partial charge on any atom is -0.328 e. The highest BCUT2D eigenvalue weighted by atomic mass is 15.1. The van der Waals surface area contributed by atoms with Crippen LogP contribution in [0.4, 0.5) is 0 Å². The highest BCUT2D eigenvalue weighted by Gasteiger charge is 1.97. The van der Waals surface area contributed by atoms with Crippen molar-refractivity contribution in [1.29, 1.82) is 0 Å². The Balaban J connectivity index is 3.08. The fraction of sp³-hybridized carbons (Fsp3) is 1.00. The fourth-order valence-electron chi connectivity index (χ4n) is 1.34. The molecule has 1 unspecified atom stereocenters. The Morgan fingerprint density at radius 2 is 1.92 bits per heavy atom. The van der Waals surface area contributed by atoms with Crippen LogP contribution in [0.2, 0.25) is 0 Å². The van der Waals surface area contributed by atoms with Crippen molar-refractivity contribution in [1.82, 2.24) is 4.90 Å². The third kappa shape index (κ3) is 8.02. The van der Waals surface area contributed by atoms with Gasteiger partial charge in [0.1, 0.15) is 0 Å². The fourth-order valence-corrected chi connectivity index (χ4v) is 1.34. The molecule has 0 aromatic rings. The molecule has 0 aliphatic heterocycles. The van der Waals surface area contributed by atoms with Crippen LogP contribution in [0, 0.1) is 0 Å². The molecule has 1 atom stereocenters. The van der Waals surface area contributed by atoms with Crippen LogP contribution < -0.4 is 5.73 Å². The van der Waals surface area contributed by atoms with Crippen LogP contribution in [0.5, 0.6) is 0 Å². The maximum absolute atomic E-state index is 5.65. The topological polar surface area (TPSA) is 29.3 Å². The summed E-state index contributed by atoms with van der Waals surface area (Å²) in [6.45, 7) is 6.74. The predicted octanol–water partition coefficient (Wildman–Crippen LogP) is 1.85. The Labute approximate surface area is 77.1 Å². The summed E-state index contributed by atoms with van der Waals surface area (Å²) in [5.41, 5.74) is 5.65. The average molecular weight is 172 g/mol. The van der Waals surface area contributed by atoms with E-state index < -0.39 is 0 Å². The van der Waals surface area contributed by atoms with Crippen molar-refractivity contribution < 1.29 is 0 Å². The Bertz CT molecular complexity index is 91.8. The van der Waals surface area contributed by atoms with Crippen LogP contribution in [0.15, 0.2) is 0 Å². The molecule has 0 bridgehead atoms. The molecule has 0 fully saturated rings. The minimum absolute atomic E-state index is 0.376. The van der Waals surface area contributed by atoms with E-state index in [9.17, 15) is 0 Å². The largest absolute Gasteiger partial charge is 0.328 e. The van der Waals surface area contributed by atoms with E-state index in [4.69, 9.17) is 5.73 Å². The molecule has 0 amide bonds. The van der Waals surface area contributed by atoms with Crippen molar-refractivity contribution >= 4 is 0 Å². The SMILES string of the molecule is CCCN(C)CCCCC(C)N. The van der Waals surface area contributed by atoms with Crippen LogP contribution in [0.1, 0.15) is 39.5 Å². The van der Waals surface area contributed by atoms with Crippen LogP contribution in [-0.4, -0.2) is 31.1 Å². The van der Waals surface area contributed by atoms with Gasteiger partial charge in [0.25, 0.3) is 0 Å². The second kappa shape index (κ2) is 7.56. The van der Waals surface area contributed by atoms with E-state index in [0.29, 0.717) is 6.04 Å². The van der Waals surface area contributed by atoms with Crippen LogP contribution in [-0.2, 0) is 0 Å². The predicted molar refractivity (Wildman–Crippen MR) is 55.3 cm³/mol. The Morgan fingerprint density at radius 3 is 2.42 bits per heavy atom. The summed E-state index contributed by atoms with van der Waals surface area (Å²) in [5.74, 6) is 0. The lowest BCUT2D eigenvalue weighted by Gasteiger charge is -2.15. The quantitative estimate of drug-likeness (QED) is 0.594. The average Bonchev–Trinajstić information content (AvgIpc) is 1.98. The van der Waals surface area contributed by atoms with Gasteiger partial charge < -0.3 is 10.6 Å². The monoisotopic (exact) mass is 172 g/mol. The number of hydrogen-bond acceptors (Lipinski definition) is 2. The molecule has 0 heterocycles. The molecule has 0 radical (unpaired) electrons. The van der Waals surface area contributed by atoms with Crippen molar-refractivity contribution in [3.8, 4) is 0 Å². The molecule has 0 spiro atoms. The lowest BCUT2D eigenvalue weighted by Crippen LogP contribution is -2.21. The molecular weight excluding hydrogens is 148 g/mol. The number of rotatable bonds is 7. The van der Waals surface area contributed by atoms with Gasteiger partial charge in [0.15, 0.2) is 0 Å². The molecule has 0 aromatic heterocycles. The van der Waals surface area contributed by atoms with Crippen molar-refractivity contribution in [2.75, 3.05) is 20.1 Å². The lowest BCUT2D eigenvalue weighted by molar-refractivity contribution is 0.323. The zero-order chi connectivity index (χ0) is 9.40. The zero-order valence-electron chi connectivity index (χ0n) is 8.84. The first-order chi connectivity index (χ1) is 5.66. The molecule has 2 N–H and O–H groups in total. The summed E-state index contributed by atoms with van der Waals surface area (Å²) < 4.78 is 0. The van der Waals surface area contributed by atoms with E-state index in [-0.39, 0.29) is 0 Å². The highest BCUT2D eigenvalue weighted by molar-refractivity contribution is 4.55. The van der Waals surface area contributed by atoms with Gasteiger partial charge in [-0.1, -0.05) is 13.3 Å². The third-order valence-electron chi connectivity index (χ3n) is 2.05. The number of hydrogen-bond donors (Lipinski definition) is 1. The molecule has 12 heavy (non-hydrogen) atoms. The summed E-state index contributed by atoms with van der Waals surface area (Å²) in [7, 11) is 2.19. The van der Waals surface area contributed by atoms with Crippen molar-refractivity contribution in [3.05, 3.63) is 0 Å². The number of nitrogens with two attached hydrogens (primary N) is 1. The molecule has 0 aliphatic carbocycles. The van der Waals surface area contributed by atoms with Gasteiger partial charge in [-0.2, -0.15) is 0 Å². The van der Waals surface area contributed by atoms with Gasteiger partial charge in [-0.05, 0) is 46.3 Å². The summed E-state index contributed by atoms with van der Waals surface area (Å²) in [6, 6.07) is 0.376. The smallest absolute Gasteiger partial charge is 0.00104 e. The summed E-state index contributed by atoms with van der Waals surface area (Å²) in [4.78, 5) is 2.39. The first-order valence-electron chi connectivity index (χ1n) is 5.11. The molecule has 0 aliphatic rings. The van der Waals surface area contributed by atoms with Gasteiger partial charge in [-0.25, -0.2) is 0 Å². The Hall–Kier alpha value is -0.0800. The maximum atomic E-state index is 5.65. The first-order valence-corrected chi connectivity index (χ1v) is 5.11. The molecule has 2 heteroatoms. The van der Waals surface area contributed by atoms with Crippen LogP contribution >= 0.6 is 0 Å². The first kappa shape index (κ1) is 11.9. The Morgan fingerprint density at radius 1 is 1.25 bits per heavy atom. The second-order valence-electron chi connectivity index (χ2n) is 3.78. The van der Waals surface area contributed by atoms with Gasteiger partial charge in [0.05, 0.1) is 0 Å². The van der Waals surface area contributed by atoms with Gasteiger partial charge in [-0.15, -0.1) is 0 Å². The highest BCUT2D eigenvalue weighted by Crippen LogP contribution is 1.99. The van der Waals surface area contributed by atoms with E-state index in [2.05, 4.69) is 25.8 Å². The lowest BCUT2D eigenvalue weighted by atomic mass is 10.1. The van der Waals surface area contributed by atoms with Crippen molar-refractivity contribution in [2.45, 2.75) is 45.6 Å². The zero-order valence-corrected chi connectivity index (χ0v) is 8.84. The molecule has 74 valence electrons. The molecule has 2 nitrogen and oxygen atoms in total. The van der Waals surface area contributed by atoms with E-state index >= 15 is 0 Å². The van der Waals surface area contributed by atoms with Crippen molar-refractivity contribution in [2.24, 2.45) is 5.73 Å². The van der Waals surface area contributed by atoms with Crippen molar-refractivity contribution in [3.63, 3.8) is 0 Å². The van der Waals surface area contributed by atoms with Crippen LogP contribution in [0.3, 0.4) is 0 Å². The molecule has 0 saturated carbocycles. The molecule has 0 saturated heterocycles. The number of unbranched alkanes of at least 4 members (excludes halogenated alkanes) is 1. The van der Waals surface area contributed by atoms with E-state index in [0.717, 1.165) is 0 Å². The third-order valence-corrected chi connectivity index (χ3v) is 2.05. The van der Waals surface area contributed by atoms with Gasteiger partial charge in [0.2, 0.25) is 0 Å². The number of nitrogens with zero attached hydrogens (tertiary/aromatic N) is 1. The summed E-state index contributed by atoms with van der Waals surface area (Å²) in [6.07, 6.45) is 4.98. The summed E-state index contributed by atoms with van der Waals surface area (Å²) in [5, 5.41) is 0. The normalized spacial score (nSPS) is 13.8. The van der Waals surface area contributed by atoms with Gasteiger partial charge in [-0.3, -0.25) is 0 Å². The van der Waals surface area contributed by atoms with Gasteiger partial charge >= 0.3 is 0 Å². The standard InChI is InChI=1S/C10H24N2/c1-4-8-12(3)9-6-5-7-10(2)11/h10H,4-9,11H2,1-3H3. The van der Waals surface area contributed by atoms with Gasteiger partial charge in [0, 0.05) is 6.04 Å². The second-order valence-corrected chi connectivity index (χ2v) is 3.78. The minimum atomic E-state index is 0.376. The molecular formula is C10H24N2. The van der Waals surface area contributed by atoms with E-state index in [1.807, 2.05) is 0 Å². The van der Waals surface area contributed by atoms with E-state index in [1.165, 1.54) is 38.8 Å². The van der Waals surface area contributed by atoms with Crippen LogP contribution in [0.25, 0.3) is 0 Å². The van der Waals surface area contributed by atoms with E-state index in [1.54, 1.807) is 0 Å². The Kier molecular flexibility index (Phi) is 7.51.